The number of rotatable bonds is 4. The molecule has 1 atom stereocenters. The van der Waals surface area contributed by atoms with Crippen molar-refractivity contribution in [2.45, 2.75) is 33.7 Å². The van der Waals surface area contributed by atoms with Crippen LogP contribution in [0.2, 0.25) is 5.02 Å². The minimum Gasteiger partial charge on any atom is -0.437 e. The highest BCUT2D eigenvalue weighted by atomic mass is 35.5. The van der Waals surface area contributed by atoms with E-state index in [1.807, 2.05) is 43.9 Å². The Balaban J connectivity index is 1.73. The summed E-state index contributed by atoms with van der Waals surface area (Å²) in [5.41, 5.74) is 1.06. The molecule has 1 aromatic heterocycles. The topological polar surface area (TPSA) is 58.6 Å². The van der Waals surface area contributed by atoms with Crippen LogP contribution in [0.3, 0.4) is 0 Å². The SMILES string of the molecule is Cc1ccc(Cl)c(Oc2cc(N3CCN(C(=O)C(C)C)C(C)C3)ncn2)c1. The van der Waals surface area contributed by atoms with Crippen LogP contribution in [0.1, 0.15) is 26.3 Å². The molecule has 7 heteroatoms. The van der Waals surface area contributed by atoms with Gasteiger partial charge in [-0.15, -0.1) is 0 Å². The quantitative estimate of drug-likeness (QED) is 0.794. The minimum atomic E-state index is 0.0112. The maximum atomic E-state index is 12.3. The molecule has 3 rings (SSSR count). The molecule has 1 saturated heterocycles. The molecule has 0 N–H and O–H groups in total. The standard InChI is InChI=1S/C20H25ClN4O2/c1-13(2)20(26)25-8-7-24(11-15(25)4)18-10-19(23-12-22-18)27-17-9-14(3)5-6-16(17)21/h5-6,9-10,12-13,15H,7-8,11H2,1-4H3. The number of amides is 1. The van der Waals surface area contributed by atoms with E-state index in [1.165, 1.54) is 6.33 Å². The average Bonchev–Trinajstić information content (AvgIpc) is 2.64. The fraction of sp³-hybridized carbons (Fsp3) is 0.450. The van der Waals surface area contributed by atoms with Gasteiger partial charge in [-0.1, -0.05) is 31.5 Å². The van der Waals surface area contributed by atoms with Crippen LogP contribution in [0.25, 0.3) is 0 Å². The van der Waals surface area contributed by atoms with E-state index in [2.05, 4.69) is 21.8 Å². The molecule has 2 heterocycles. The van der Waals surface area contributed by atoms with Gasteiger partial charge in [-0.3, -0.25) is 4.79 Å². The van der Waals surface area contributed by atoms with Crippen molar-refractivity contribution in [3.8, 4) is 11.6 Å². The first-order chi connectivity index (χ1) is 12.8. The van der Waals surface area contributed by atoms with Gasteiger partial charge in [0, 0.05) is 37.7 Å². The van der Waals surface area contributed by atoms with E-state index >= 15 is 0 Å². The van der Waals surface area contributed by atoms with E-state index in [1.54, 1.807) is 6.07 Å². The molecular weight excluding hydrogens is 364 g/mol. The molecule has 6 nitrogen and oxygen atoms in total. The lowest BCUT2D eigenvalue weighted by atomic mass is 10.1. The fourth-order valence-corrected chi connectivity index (χ4v) is 3.34. The summed E-state index contributed by atoms with van der Waals surface area (Å²) in [6.45, 7) is 10.1. The van der Waals surface area contributed by atoms with Gasteiger partial charge in [0.25, 0.3) is 0 Å². The molecule has 0 bridgehead atoms. The van der Waals surface area contributed by atoms with Gasteiger partial charge in [0.05, 0.1) is 5.02 Å². The van der Waals surface area contributed by atoms with Crippen LogP contribution in [-0.2, 0) is 4.79 Å². The molecule has 0 aliphatic carbocycles. The number of halogens is 1. The average molecular weight is 389 g/mol. The third kappa shape index (κ3) is 4.50. The van der Waals surface area contributed by atoms with Crippen LogP contribution in [-0.4, -0.2) is 46.5 Å². The van der Waals surface area contributed by atoms with Gasteiger partial charge in [-0.25, -0.2) is 9.97 Å². The molecule has 144 valence electrons. The van der Waals surface area contributed by atoms with E-state index in [0.29, 0.717) is 23.2 Å². The summed E-state index contributed by atoms with van der Waals surface area (Å²) in [6, 6.07) is 7.55. The predicted molar refractivity (Wildman–Crippen MR) is 107 cm³/mol. The molecule has 1 aliphatic heterocycles. The highest BCUT2D eigenvalue weighted by molar-refractivity contribution is 6.32. The van der Waals surface area contributed by atoms with Gasteiger partial charge in [0.15, 0.2) is 0 Å². The first kappa shape index (κ1) is 19.4. The Morgan fingerprint density at radius 3 is 2.74 bits per heavy atom. The zero-order valence-corrected chi connectivity index (χ0v) is 16.9. The lowest BCUT2D eigenvalue weighted by molar-refractivity contribution is -0.136. The number of carbonyl (C=O) groups is 1. The lowest BCUT2D eigenvalue weighted by Crippen LogP contribution is -2.55. The third-order valence-corrected chi connectivity index (χ3v) is 4.97. The molecule has 1 fully saturated rings. The summed E-state index contributed by atoms with van der Waals surface area (Å²) < 4.78 is 5.86. The minimum absolute atomic E-state index is 0.0112. The number of ether oxygens (including phenoxy) is 1. The van der Waals surface area contributed by atoms with Crippen molar-refractivity contribution in [3.63, 3.8) is 0 Å². The Hall–Kier alpha value is -2.34. The van der Waals surface area contributed by atoms with Crippen molar-refractivity contribution in [1.29, 1.82) is 0 Å². The van der Waals surface area contributed by atoms with Crippen molar-refractivity contribution in [2.24, 2.45) is 5.92 Å². The second kappa shape index (κ2) is 8.13. The summed E-state index contributed by atoms with van der Waals surface area (Å²) >= 11 is 6.21. The van der Waals surface area contributed by atoms with Crippen molar-refractivity contribution in [2.75, 3.05) is 24.5 Å². The summed E-state index contributed by atoms with van der Waals surface area (Å²) in [5, 5.41) is 0.537. The van der Waals surface area contributed by atoms with E-state index in [-0.39, 0.29) is 17.9 Å². The number of hydrogen-bond donors (Lipinski definition) is 0. The van der Waals surface area contributed by atoms with Crippen molar-refractivity contribution in [3.05, 3.63) is 41.2 Å². The van der Waals surface area contributed by atoms with E-state index in [4.69, 9.17) is 16.3 Å². The summed E-state index contributed by atoms with van der Waals surface area (Å²) in [5.74, 6) is 2.01. The number of aryl methyl sites for hydroxylation is 1. The first-order valence-electron chi connectivity index (χ1n) is 9.16. The monoisotopic (exact) mass is 388 g/mol. The van der Waals surface area contributed by atoms with Gasteiger partial charge in [-0.05, 0) is 31.5 Å². The maximum Gasteiger partial charge on any atom is 0.225 e. The third-order valence-electron chi connectivity index (χ3n) is 4.66. The second-order valence-corrected chi connectivity index (χ2v) is 7.64. The molecule has 2 aromatic rings. The molecule has 0 spiro atoms. The van der Waals surface area contributed by atoms with Crippen LogP contribution in [0.4, 0.5) is 5.82 Å². The highest BCUT2D eigenvalue weighted by Gasteiger charge is 2.29. The summed E-state index contributed by atoms with van der Waals surface area (Å²) in [7, 11) is 0. The predicted octanol–water partition coefficient (Wildman–Crippen LogP) is 3.92. The fourth-order valence-electron chi connectivity index (χ4n) is 3.18. The molecule has 0 saturated carbocycles. The Bertz CT molecular complexity index is 827. The largest absolute Gasteiger partial charge is 0.437 e. The zero-order chi connectivity index (χ0) is 19.6. The number of hydrogen-bond acceptors (Lipinski definition) is 5. The normalized spacial score (nSPS) is 17.3. The molecule has 1 aliphatic rings. The molecular formula is C20H25ClN4O2. The number of benzene rings is 1. The van der Waals surface area contributed by atoms with Crippen molar-refractivity contribution < 1.29 is 9.53 Å². The number of anilines is 1. The van der Waals surface area contributed by atoms with Crippen LogP contribution in [0.15, 0.2) is 30.6 Å². The highest BCUT2D eigenvalue weighted by Crippen LogP contribution is 2.30. The van der Waals surface area contributed by atoms with Crippen LogP contribution in [0.5, 0.6) is 11.6 Å². The Morgan fingerprint density at radius 2 is 2.04 bits per heavy atom. The van der Waals surface area contributed by atoms with Gasteiger partial charge in [0.1, 0.15) is 17.9 Å². The van der Waals surface area contributed by atoms with Crippen LogP contribution >= 0.6 is 11.6 Å². The number of aromatic nitrogens is 2. The summed E-state index contributed by atoms with van der Waals surface area (Å²) in [4.78, 5) is 25.0. The second-order valence-electron chi connectivity index (χ2n) is 7.23. The van der Waals surface area contributed by atoms with E-state index in [9.17, 15) is 4.79 Å². The van der Waals surface area contributed by atoms with Gasteiger partial charge >= 0.3 is 0 Å². The van der Waals surface area contributed by atoms with Gasteiger partial charge < -0.3 is 14.5 Å². The number of piperazine rings is 1. The molecule has 0 radical (unpaired) electrons. The Labute approximate surface area is 165 Å². The van der Waals surface area contributed by atoms with Gasteiger partial charge in [0.2, 0.25) is 11.8 Å². The Kier molecular flexibility index (Phi) is 5.85. The first-order valence-corrected chi connectivity index (χ1v) is 9.54. The van der Waals surface area contributed by atoms with Crippen LogP contribution in [0, 0.1) is 12.8 Å². The molecule has 1 aromatic carbocycles. The molecule has 1 unspecified atom stereocenters. The van der Waals surface area contributed by atoms with Crippen molar-refractivity contribution in [1.82, 2.24) is 14.9 Å². The van der Waals surface area contributed by atoms with E-state index < -0.39 is 0 Å². The van der Waals surface area contributed by atoms with Gasteiger partial charge in [-0.2, -0.15) is 0 Å². The molecule has 27 heavy (non-hydrogen) atoms. The number of carbonyl (C=O) groups excluding carboxylic acids is 1. The van der Waals surface area contributed by atoms with Crippen LogP contribution < -0.4 is 9.64 Å². The summed E-state index contributed by atoms with van der Waals surface area (Å²) in [6.07, 6.45) is 1.49. The lowest BCUT2D eigenvalue weighted by Gasteiger charge is -2.41. The maximum absolute atomic E-state index is 12.3. The molecule has 1 amide bonds. The van der Waals surface area contributed by atoms with Crippen molar-refractivity contribution >= 4 is 23.3 Å². The Morgan fingerprint density at radius 1 is 1.26 bits per heavy atom. The van der Waals surface area contributed by atoms with E-state index in [0.717, 1.165) is 24.5 Å². The smallest absolute Gasteiger partial charge is 0.225 e. The zero-order valence-electron chi connectivity index (χ0n) is 16.1. The number of nitrogens with zero attached hydrogens (tertiary/aromatic N) is 4.